The van der Waals surface area contributed by atoms with E-state index in [4.69, 9.17) is 27.6 Å². The van der Waals surface area contributed by atoms with Gasteiger partial charge in [0, 0.05) is 35.5 Å². The van der Waals surface area contributed by atoms with Crippen molar-refractivity contribution < 1.29 is 9.21 Å². The van der Waals surface area contributed by atoms with E-state index in [0.717, 1.165) is 5.69 Å². The Kier molecular flexibility index (Phi) is 4.45. The second-order valence-corrected chi connectivity index (χ2v) is 4.94. The lowest BCUT2D eigenvalue weighted by atomic mass is 10.2. The quantitative estimate of drug-likeness (QED) is 0.932. The summed E-state index contributed by atoms with van der Waals surface area (Å²) in [6.07, 6.45) is 2.40. The molecule has 2 rings (SSSR count). The molecule has 0 unspecified atom stereocenters. The van der Waals surface area contributed by atoms with Crippen LogP contribution in [0.25, 0.3) is 0 Å². The van der Waals surface area contributed by atoms with Gasteiger partial charge in [-0.05, 0) is 18.2 Å². The Bertz CT molecular complexity index is 576. The van der Waals surface area contributed by atoms with Gasteiger partial charge in [-0.25, -0.2) is 4.98 Å². The van der Waals surface area contributed by atoms with Crippen molar-refractivity contribution in [2.24, 2.45) is 0 Å². The Balaban J connectivity index is 1.90. The molecule has 1 amide bonds. The zero-order valence-corrected chi connectivity index (χ0v) is 11.8. The third-order valence-corrected chi connectivity index (χ3v) is 2.86. The van der Waals surface area contributed by atoms with E-state index in [1.165, 1.54) is 0 Å². The van der Waals surface area contributed by atoms with E-state index in [1.54, 1.807) is 31.4 Å². The molecule has 4 nitrogen and oxygen atoms in total. The van der Waals surface area contributed by atoms with Crippen LogP contribution >= 0.6 is 23.2 Å². The summed E-state index contributed by atoms with van der Waals surface area (Å²) in [5, 5.41) is 3.70. The minimum absolute atomic E-state index is 0.126. The lowest BCUT2D eigenvalue weighted by Gasteiger charge is -2.05. The van der Waals surface area contributed by atoms with Crippen molar-refractivity contribution in [3.63, 3.8) is 0 Å². The average Bonchev–Trinajstić information content (AvgIpc) is 2.71. The summed E-state index contributed by atoms with van der Waals surface area (Å²) in [5.41, 5.74) is 1.34. The fourth-order valence-electron chi connectivity index (χ4n) is 1.61. The summed E-state index contributed by atoms with van der Waals surface area (Å²) in [5.74, 6) is 0.469. The number of halogens is 2. The predicted octanol–water partition coefficient (Wildman–Crippen LogP) is 3.86. The smallest absolute Gasteiger partial charge is 0.224 e. The van der Waals surface area contributed by atoms with E-state index in [9.17, 15) is 4.79 Å². The molecule has 0 saturated heterocycles. The third-order valence-electron chi connectivity index (χ3n) is 2.42. The van der Waals surface area contributed by atoms with Gasteiger partial charge in [0.15, 0.2) is 5.89 Å². The number of anilines is 1. The number of carbonyl (C=O) groups is 1. The molecule has 6 heteroatoms. The first-order chi connectivity index (χ1) is 9.02. The zero-order valence-electron chi connectivity index (χ0n) is 10.2. The molecular formula is C13H12Cl2N2O2. The van der Waals surface area contributed by atoms with E-state index in [-0.39, 0.29) is 5.91 Å². The number of aryl methyl sites for hydroxylation is 2. The van der Waals surface area contributed by atoms with Crippen LogP contribution < -0.4 is 5.32 Å². The van der Waals surface area contributed by atoms with Crippen LogP contribution in [-0.4, -0.2) is 10.9 Å². The van der Waals surface area contributed by atoms with E-state index in [0.29, 0.717) is 34.5 Å². The Morgan fingerprint density at radius 2 is 2.00 bits per heavy atom. The number of rotatable bonds is 4. The predicted molar refractivity (Wildman–Crippen MR) is 74.7 cm³/mol. The highest BCUT2D eigenvalue weighted by atomic mass is 35.5. The van der Waals surface area contributed by atoms with Crippen molar-refractivity contribution in [2.75, 3.05) is 5.32 Å². The summed E-state index contributed by atoms with van der Waals surface area (Å²) in [6.45, 7) is 1.76. The minimum Gasteiger partial charge on any atom is -0.449 e. The van der Waals surface area contributed by atoms with Gasteiger partial charge in [-0.15, -0.1) is 0 Å². The summed E-state index contributed by atoms with van der Waals surface area (Å²) >= 11 is 11.7. The number of nitrogens with zero attached hydrogens (tertiary/aromatic N) is 1. The van der Waals surface area contributed by atoms with Crippen LogP contribution in [0.3, 0.4) is 0 Å². The van der Waals surface area contributed by atoms with Crippen LogP contribution in [0.15, 0.2) is 28.9 Å². The number of aromatic nitrogens is 1. The molecule has 1 heterocycles. The first-order valence-electron chi connectivity index (χ1n) is 5.70. The zero-order chi connectivity index (χ0) is 13.8. The van der Waals surface area contributed by atoms with E-state index < -0.39 is 0 Å². The van der Waals surface area contributed by atoms with E-state index >= 15 is 0 Å². The number of carbonyl (C=O) groups excluding carboxylic acids is 1. The maximum Gasteiger partial charge on any atom is 0.224 e. The van der Waals surface area contributed by atoms with Crippen LogP contribution in [0.5, 0.6) is 0 Å². The first kappa shape index (κ1) is 13.9. The van der Waals surface area contributed by atoms with Crippen molar-refractivity contribution in [1.82, 2.24) is 4.98 Å². The highest BCUT2D eigenvalue weighted by Gasteiger charge is 2.07. The van der Waals surface area contributed by atoms with Crippen molar-refractivity contribution in [1.29, 1.82) is 0 Å². The number of amides is 1. The molecule has 0 bridgehead atoms. The normalized spacial score (nSPS) is 10.5. The second kappa shape index (κ2) is 6.08. The van der Waals surface area contributed by atoms with E-state index in [2.05, 4.69) is 10.3 Å². The van der Waals surface area contributed by atoms with Gasteiger partial charge in [0.05, 0.1) is 5.69 Å². The van der Waals surface area contributed by atoms with Gasteiger partial charge >= 0.3 is 0 Å². The molecule has 1 aromatic carbocycles. The highest BCUT2D eigenvalue weighted by molar-refractivity contribution is 6.35. The molecule has 0 aliphatic rings. The van der Waals surface area contributed by atoms with Crippen LogP contribution in [0, 0.1) is 6.92 Å². The van der Waals surface area contributed by atoms with Gasteiger partial charge in [0.2, 0.25) is 5.91 Å². The molecule has 0 saturated carbocycles. The van der Waals surface area contributed by atoms with Crippen LogP contribution in [-0.2, 0) is 11.2 Å². The molecule has 1 N–H and O–H groups in total. The first-order valence-corrected chi connectivity index (χ1v) is 6.45. The molecule has 0 fully saturated rings. The Morgan fingerprint density at radius 3 is 2.58 bits per heavy atom. The van der Waals surface area contributed by atoms with Gasteiger partial charge in [0.1, 0.15) is 6.26 Å². The van der Waals surface area contributed by atoms with Crippen LogP contribution in [0.4, 0.5) is 5.69 Å². The highest BCUT2D eigenvalue weighted by Crippen LogP contribution is 2.22. The van der Waals surface area contributed by atoms with Gasteiger partial charge < -0.3 is 9.73 Å². The molecule has 0 aliphatic heterocycles. The fourth-order valence-corrected chi connectivity index (χ4v) is 2.14. The third kappa shape index (κ3) is 4.26. The Hall–Kier alpha value is -1.52. The Morgan fingerprint density at radius 1 is 1.32 bits per heavy atom. The van der Waals surface area contributed by atoms with E-state index in [1.807, 2.05) is 0 Å². The molecule has 1 aromatic heterocycles. The molecule has 0 atom stereocenters. The van der Waals surface area contributed by atoms with Crippen molar-refractivity contribution in [2.45, 2.75) is 19.8 Å². The monoisotopic (exact) mass is 298 g/mol. The average molecular weight is 299 g/mol. The SMILES string of the molecule is Cc1nc(CCC(=O)Nc2cc(Cl)cc(Cl)c2)co1. The maximum atomic E-state index is 11.8. The van der Waals surface area contributed by atoms with Gasteiger partial charge in [0.25, 0.3) is 0 Å². The maximum absolute atomic E-state index is 11.8. The number of hydrogen-bond acceptors (Lipinski definition) is 3. The number of hydrogen-bond donors (Lipinski definition) is 1. The summed E-state index contributed by atoms with van der Waals surface area (Å²) in [4.78, 5) is 15.9. The van der Waals surface area contributed by atoms with Gasteiger partial charge in [-0.1, -0.05) is 23.2 Å². The summed E-state index contributed by atoms with van der Waals surface area (Å²) in [6, 6.07) is 4.90. The molecule has 0 radical (unpaired) electrons. The van der Waals surface area contributed by atoms with Gasteiger partial charge in [-0.3, -0.25) is 4.79 Å². The topological polar surface area (TPSA) is 55.1 Å². The fraction of sp³-hybridized carbons (Fsp3) is 0.231. The molecule has 0 spiro atoms. The van der Waals surface area contributed by atoms with Crippen LogP contribution in [0.1, 0.15) is 18.0 Å². The molecule has 100 valence electrons. The summed E-state index contributed by atoms with van der Waals surface area (Å²) < 4.78 is 5.07. The van der Waals surface area contributed by atoms with Crippen molar-refractivity contribution >= 4 is 34.8 Å². The standard InChI is InChI=1S/C13H12Cl2N2O2/c1-8-16-11(7-19-8)2-3-13(18)17-12-5-9(14)4-10(15)6-12/h4-7H,2-3H2,1H3,(H,17,18). The number of oxazole rings is 1. The summed E-state index contributed by atoms with van der Waals surface area (Å²) in [7, 11) is 0. The second-order valence-electron chi connectivity index (χ2n) is 4.06. The number of nitrogens with one attached hydrogen (secondary N) is 1. The number of benzene rings is 1. The van der Waals surface area contributed by atoms with Gasteiger partial charge in [-0.2, -0.15) is 0 Å². The lowest BCUT2D eigenvalue weighted by Crippen LogP contribution is -2.12. The van der Waals surface area contributed by atoms with Crippen molar-refractivity contribution in [3.05, 3.63) is 46.1 Å². The molecule has 0 aliphatic carbocycles. The minimum atomic E-state index is -0.126. The Labute approximate surface area is 120 Å². The van der Waals surface area contributed by atoms with Crippen molar-refractivity contribution in [3.8, 4) is 0 Å². The molecule has 19 heavy (non-hydrogen) atoms. The lowest BCUT2D eigenvalue weighted by molar-refractivity contribution is -0.116. The molecule has 2 aromatic rings. The largest absolute Gasteiger partial charge is 0.449 e. The molecular weight excluding hydrogens is 287 g/mol. The van der Waals surface area contributed by atoms with Crippen LogP contribution in [0.2, 0.25) is 10.0 Å².